The standard InChI is InChI=1S/C23H19ClN4O4S/c1-13-8-16(14(2)27(13)19-11-17(24)4-6-20(19)32-3)12-25-26-23(29)22-10-15-9-18(28(30)31)5-7-21(15)33-22/h4-12H,1-3H3,(H,26,29)/b25-12-. The van der Waals surface area contributed by atoms with Crippen LogP contribution in [0.15, 0.2) is 53.6 Å². The molecule has 1 amide bonds. The fraction of sp³-hybridized carbons (Fsp3) is 0.130. The van der Waals surface area contributed by atoms with E-state index in [4.69, 9.17) is 16.3 Å². The molecule has 1 N–H and O–H groups in total. The Balaban J connectivity index is 1.55. The van der Waals surface area contributed by atoms with Crippen LogP contribution in [0.1, 0.15) is 26.6 Å². The fourth-order valence-corrected chi connectivity index (χ4v) is 4.70. The number of nitro groups is 1. The van der Waals surface area contributed by atoms with Gasteiger partial charge in [-0.3, -0.25) is 14.9 Å². The van der Waals surface area contributed by atoms with Gasteiger partial charge < -0.3 is 9.30 Å². The number of aryl methyl sites for hydroxylation is 1. The van der Waals surface area contributed by atoms with Crippen molar-refractivity contribution in [2.24, 2.45) is 5.10 Å². The molecular weight excluding hydrogens is 464 g/mol. The van der Waals surface area contributed by atoms with Gasteiger partial charge in [-0.25, -0.2) is 5.43 Å². The number of hydrogen-bond acceptors (Lipinski definition) is 6. The Hall–Kier alpha value is -3.69. The van der Waals surface area contributed by atoms with Crippen LogP contribution >= 0.6 is 22.9 Å². The van der Waals surface area contributed by atoms with Crippen molar-refractivity contribution in [2.75, 3.05) is 7.11 Å². The highest BCUT2D eigenvalue weighted by Gasteiger charge is 2.15. The van der Waals surface area contributed by atoms with E-state index in [2.05, 4.69) is 10.5 Å². The number of nitrogens with zero attached hydrogens (tertiary/aromatic N) is 3. The van der Waals surface area contributed by atoms with Gasteiger partial charge in [0.15, 0.2) is 0 Å². The van der Waals surface area contributed by atoms with Crippen LogP contribution in [0.3, 0.4) is 0 Å². The predicted octanol–water partition coefficient (Wildman–Crippen LogP) is 5.64. The number of nitrogens with one attached hydrogen (secondary N) is 1. The summed E-state index contributed by atoms with van der Waals surface area (Å²) in [5.41, 5.74) is 5.99. The van der Waals surface area contributed by atoms with Crippen LogP contribution < -0.4 is 10.2 Å². The summed E-state index contributed by atoms with van der Waals surface area (Å²) in [5.74, 6) is 0.295. The molecule has 10 heteroatoms. The molecule has 0 aliphatic rings. The van der Waals surface area contributed by atoms with E-state index in [1.54, 1.807) is 31.5 Å². The number of carbonyl (C=O) groups is 1. The summed E-state index contributed by atoms with van der Waals surface area (Å²) in [5, 5.41) is 16.3. The Labute approximate surface area is 198 Å². The van der Waals surface area contributed by atoms with E-state index in [0.717, 1.165) is 27.3 Å². The number of non-ortho nitro benzene ring substituents is 1. The molecule has 0 bridgehead atoms. The third-order valence-corrected chi connectivity index (χ3v) is 6.51. The molecule has 0 radical (unpaired) electrons. The summed E-state index contributed by atoms with van der Waals surface area (Å²) in [6, 6.07) is 13.5. The van der Waals surface area contributed by atoms with Crippen LogP contribution in [-0.4, -0.2) is 28.7 Å². The SMILES string of the molecule is COc1ccc(Cl)cc1-n1c(C)cc(/C=N\NC(=O)c2cc3cc([N+](=O)[O-])ccc3s2)c1C. The molecule has 33 heavy (non-hydrogen) atoms. The summed E-state index contributed by atoms with van der Waals surface area (Å²) in [7, 11) is 1.60. The number of hydrazone groups is 1. The maximum absolute atomic E-state index is 12.5. The second-order valence-corrected chi connectivity index (χ2v) is 8.79. The molecule has 4 aromatic rings. The lowest BCUT2D eigenvalue weighted by Gasteiger charge is -2.14. The van der Waals surface area contributed by atoms with Crippen molar-refractivity contribution in [3.05, 3.63) is 85.5 Å². The first-order valence-corrected chi connectivity index (χ1v) is 11.0. The highest BCUT2D eigenvalue weighted by atomic mass is 35.5. The van der Waals surface area contributed by atoms with Gasteiger partial charge in [0.1, 0.15) is 5.75 Å². The zero-order chi connectivity index (χ0) is 23.7. The molecule has 2 aromatic carbocycles. The zero-order valence-electron chi connectivity index (χ0n) is 18.0. The van der Waals surface area contributed by atoms with Crippen molar-refractivity contribution >= 4 is 50.8 Å². The minimum atomic E-state index is -0.462. The zero-order valence-corrected chi connectivity index (χ0v) is 19.5. The summed E-state index contributed by atoms with van der Waals surface area (Å²) >= 11 is 7.44. The molecule has 2 aromatic heterocycles. The molecule has 0 aliphatic carbocycles. The number of benzene rings is 2. The fourth-order valence-electron chi connectivity index (χ4n) is 3.60. The third kappa shape index (κ3) is 4.46. The van der Waals surface area contributed by atoms with Gasteiger partial charge in [-0.05, 0) is 50.2 Å². The molecule has 0 spiro atoms. The van der Waals surface area contributed by atoms with Gasteiger partial charge in [-0.2, -0.15) is 5.10 Å². The minimum absolute atomic E-state index is 0.0167. The van der Waals surface area contributed by atoms with Gasteiger partial charge in [0.2, 0.25) is 0 Å². The smallest absolute Gasteiger partial charge is 0.281 e. The number of methoxy groups -OCH3 is 1. The van der Waals surface area contributed by atoms with Gasteiger partial charge in [-0.15, -0.1) is 11.3 Å². The predicted molar refractivity (Wildman–Crippen MR) is 130 cm³/mol. The lowest BCUT2D eigenvalue weighted by Crippen LogP contribution is -2.16. The summed E-state index contributed by atoms with van der Waals surface area (Å²) in [6.07, 6.45) is 1.58. The Bertz CT molecular complexity index is 1420. The van der Waals surface area contributed by atoms with Crippen LogP contribution in [0.4, 0.5) is 5.69 Å². The van der Waals surface area contributed by atoms with Crippen molar-refractivity contribution < 1.29 is 14.5 Å². The van der Waals surface area contributed by atoms with Gasteiger partial charge in [0.05, 0.1) is 28.8 Å². The molecule has 8 nitrogen and oxygen atoms in total. The Morgan fingerprint density at radius 2 is 2.00 bits per heavy atom. The first-order valence-electron chi connectivity index (χ1n) is 9.82. The molecule has 2 heterocycles. The number of fused-ring (bicyclic) bond motifs is 1. The van der Waals surface area contributed by atoms with Gasteiger partial charge in [0.25, 0.3) is 11.6 Å². The van der Waals surface area contributed by atoms with Gasteiger partial charge in [0, 0.05) is 44.2 Å². The van der Waals surface area contributed by atoms with Gasteiger partial charge >= 0.3 is 0 Å². The van der Waals surface area contributed by atoms with E-state index in [1.165, 1.54) is 23.5 Å². The molecule has 0 fully saturated rings. The maximum Gasteiger partial charge on any atom is 0.281 e. The molecule has 0 aliphatic heterocycles. The lowest BCUT2D eigenvalue weighted by atomic mass is 10.2. The maximum atomic E-state index is 12.5. The highest BCUT2D eigenvalue weighted by Crippen LogP contribution is 2.31. The van der Waals surface area contributed by atoms with E-state index in [-0.39, 0.29) is 11.6 Å². The Morgan fingerprint density at radius 1 is 1.21 bits per heavy atom. The van der Waals surface area contributed by atoms with Crippen LogP contribution in [0.5, 0.6) is 5.75 Å². The summed E-state index contributed by atoms with van der Waals surface area (Å²) in [6.45, 7) is 3.90. The normalized spacial score (nSPS) is 11.3. The Kier molecular flexibility index (Phi) is 6.17. The van der Waals surface area contributed by atoms with E-state index in [1.807, 2.05) is 36.6 Å². The second kappa shape index (κ2) is 9.05. The lowest BCUT2D eigenvalue weighted by molar-refractivity contribution is -0.384. The monoisotopic (exact) mass is 482 g/mol. The van der Waals surface area contributed by atoms with E-state index in [0.29, 0.717) is 21.0 Å². The molecular formula is C23H19ClN4O4S. The average Bonchev–Trinajstić information content (AvgIpc) is 3.33. The van der Waals surface area contributed by atoms with Crippen LogP contribution in [0.2, 0.25) is 5.02 Å². The second-order valence-electron chi connectivity index (χ2n) is 7.27. The van der Waals surface area contributed by atoms with Crippen molar-refractivity contribution in [3.63, 3.8) is 0 Å². The molecule has 0 unspecified atom stereocenters. The van der Waals surface area contributed by atoms with Crippen molar-refractivity contribution in [1.29, 1.82) is 0 Å². The van der Waals surface area contributed by atoms with Crippen LogP contribution in [0.25, 0.3) is 15.8 Å². The van der Waals surface area contributed by atoms with Crippen molar-refractivity contribution in [1.82, 2.24) is 9.99 Å². The van der Waals surface area contributed by atoms with Crippen molar-refractivity contribution in [3.8, 4) is 11.4 Å². The van der Waals surface area contributed by atoms with Crippen LogP contribution in [0, 0.1) is 24.0 Å². The van der Waals surface area contributed by atoms with Gasteiger partial charge in [-0.1, -0.05) is 11.6 Å². The number of amides is 1. The van der Waals surface area contributed by atoms with Crippen LogP contribution in [-0.2, 0) is 0 Å². The average molecular weight is 483 g/mol. The number of hydrogen-bond donors (Lipinski definition) is 1. The van der Waals surface area contributed by atoms with E-state index < -0.39 is 4.92 Å². The molecule has 0 saturated heterocycles. The summed E-state index contributed by atoms with van der Waals surface area (Å²) < 4.78 is 8.27. The number of aromatic nitrogens is 1. The molecule has 0 atom stereocenters. The highest BCUT2D eigenvalue weighted by molar-refractivity contribution is 7.20. The first-order chi connectivity index (χ1) is 15.8. The topological polar surface area (TPSA) is 98.8 Å². The largest absolute Gasteiger partial charge is 0.495 e. The number of ether oxygens (including phenoxy) is 1. The first kappa shape index (κ1) is 22.5. The molecule has 4 rings (SSSR count). The number of rotatable bonds is 6. The van der Waals surface area contributed by atoms with E-state index >= 15 is 0 Å². The van der Waals surface area contributed by atoms with E-state index in [9.17, 15) is 14.9 Å². The minimum Gasteiger partial charge on any atom is -0.495 e. The number of carbonyl (C=O) groups excluding carboxylic acids is 1. The third-order valence-electron chi connectivity index (χ3n) is 5.16. The number of nitro benzene ring substituents is 1. The number of thiophene rings is 1. The quantitative estimate of drug-likeness (QED) is 0.218. The molecule has 168 valence electrons. The Morgan fingerprint density at radius 3 is 2.73 bits per heavy atom. The number of halogens is 1. The van der Waals surface area contributed by atoms with Crippen molar-refractivity contribution in [2.45, 2.75) is 13.8 Å². The molecule has 0 saturated carbocycles. The summed E-state index contributed by atoms with van der Waals surface area (Å²) in [4.78, 5) is 23.4.